The fourth-order valence-electron chi connectivity index (χ4n) is 2.33. The lowest BCUT2D eigenvalue weighted by Gasteiger charge is -2.18. The first kappa shape index (κ1) is 11.6. The SMILES string of the molecule is Clc1cnccc1-c1noc(-c2ccc3c(c2)CC3)n1. The molecule has 0 radical (unpaired) electrons. The lowest BCUT2D eigenvalue weighted by Crippen LogP contribution is -2.07. The van der Waals surface area contributed by atoms with Crippen LogP contribution in [0, 0.1) is 0 Å². The van der Waals surface area contributed by atoms with Gasteiger partial charge in [0.15, 0.2) is 0 Å². The van der Waals surface area contributed by atoms with Gasteiger partial charge in [-0.15, -0.1) is 0 Å². The van der Waals surface area contributed by atoms with Gasteiger partial charge in [-0.1, -0.05) is 22.8 Å². The van der Waals surface area contributed by atoms with E-state index in [1.807, 2.05) is 6.07 Å². The van der Waals surface area contributed by atoms with Crippen molar-refractivity contribution in [3.8, 4) is 22.8 Å². The Balaban J connectivity index is 1.74. The Labute approximate surface area is 120 Å². The van der Waals surface area contributed by atoms with E-state index in [1.54, 1.807) is 18.5 Å². The molecule has 0 N–H and O–H groups in total. The first-order valence-electron chi connectivity index (χ1n) is 6.37. The molecule has 5 heteroatoms. The zero-order valence-corrected chi connectivity index (χ0v) is 11.3. The average molecular weight is 284 g/mol. The molecule has 2 aromatic heterocycles. The van der Waals surface area contributed by atoms with Gasteiger partial charge in [-0.2, -0.15) is 4.98 Å². The highest BCUT2D eigenvalue weighted by Crippen LogP contribution is 2.30. The van der Waals surface area contributed by atoms with Crippen molar-refractivity contribution in [2.45, 2.75) is 12.8 Å². The van der Waals surface area contributed by atoms with E-state index in [9.17, 15) is 0 Å². The van der Waals surface area contributed by atoms with Crippen molar-refractivity contribution >= 4 is 11.6 Å². The monoisotopic (exact) mass is 283 g/mol. The van der Waals surface area contributed by atoms with Crippen LogP contribution in [0.3, 0.4) is 0 Å². The van der Waals surface area contributed by atoms with Crippen LogP contribution in [0.4, 0.5) is 0 Å². The highest BCUT2D eigenvalue weighted by atomic mass is 35.5. The average Bonchev–Trinajstić information content (AvgIpc) is 2.90. The Kier molecular flexibility index (Phi) is 2.57. The second-order valence-corrected chi connectivity index (χ2v) is 5.17. The van der Waals surface area contributed by atoms with Gasteiger partial charge in [-0.25, -0.2) is 0 Å². The summed E-state index contributed by atoms with van der Waals surface area (Å²) < 4.78 is 5.34. The molecule has 0 unspecified atom stereocenters. The number of halogens is 1. The maximum atomic E-state index is 6.09. The Morgan fingerprint density at radius 2 is 2.00 bits per heavy atom. The maximum absolute atomic E-state index is 6.09. The molecule has 20 heavy (non-hydrogen) atoms. The number of benzene rings is 1. The van der Waals surface area contributed by atoms with Crippen LogP contribution in [-0.4, -0.2) is 15.1 Å². The zero-order valence-electron chi connectivity index (χ0n) is 10.5. The van der Waals surface area contributed by atoms with Gasteiger partial charge in [0.1, 0.15) is 0 Å². The molecule has 0 amide bonds. The largest absolute Gasteiger partial charge is 0.334 e. The number of hydrogen-bond acceptors (Lipinski definition) is 4. The van der Waals surface area contributed by atoms with Crippen molar-refractivity contribution < 1.29 is 4.52 Å². The molecule has 0 saturated heterocycles. The van der Waals surface area contributed by atoms with Crippen LogP contribution < -0.4 is 0 Å². The Morgan fingerprint density at radius 1 is 1.10 bits per heavy atom. The summed E-state index contributed by atoms with van der Waals surface area (Å²) in [6.45, 7) is 0. The summed E-state index contributed by atoms with van der Waals surface area (Å²) in [5.74, 6) is 0.998. The predicted octanol–water partition coefficient (Wildman–Crippen LogP) is 3.55. The van der Waals surface area contributed by atoms with Crippen molar-refractivity contribution in [3.05, 3.63) is 52.8 Å². The maximum Gasteiger partial charge on any atom is 0.258 e. The summed E-state index contributed by atoms with van der Waals surface area (Å²) >= 11 is 6.09. The molecule has 1 aromatic carbocycles. The van der Waals surface area contributed by atoms with Gasteiger partial charge < -0.3 is 4.52 Å². The number of pyridine rings is 1. The minimum Gasteiger partial charge on any atom is -0.334 e. The molecule has 4 nitrogen and oxygen atoms in total. The number of fused-ring (bicyclic) bond motifs is 1. The Morgan fingerprint density at radius 3 is 2.75 bits per heavy atom. The first-order chi connectivity index (χ1) is 9.81. The molecule has 0 aliphatic heterocycles. The second-order valence-electron chi connectivity index (χ2n) is 4.76. The molecule has 0 saturated carbocycles. The molecule has 1 aliphatic rings. The molecular formula is C15H10ClN3O. The molecule has 0 atom stereocenters. The minimum atomic E-state index is 0.482. The second kappa shape index (κ2) is 4.42. The van der Waals surface area contributed by atoms with E-state index in [4.69, 9.17) is 16.1 Å². The molecule has 2 heterocycles. The third-order valence-corrected chi connectivity index (χ3v) is 3.86. The Bertz CT molecular complexity index is 797. The van der Waals surface area contributed by atoms with Crippen LogP contribution in [0.5, 0.6) is 0 Å². The number of rotatable bonds is 2. The van der Waals surface area contributed by atoms with E-state index in [-0.39, 0.29) is 0 Å². The van der Waals surface area contributed by atoms with Crippen LogP contribution in [0.15, 0.2) is 41.2 Å². The van der Waals surface area contributed by atoms with E-state index in [2.05, 4.69) is 27.3 Å². The summed E-state index contributed by atoms with van der Waals surface area (Å²) in [6.07, 6.45) is 5.51. The lowest BCUT2D eigenvalue weighted by molar-refractivity contribution is 0.432. The number of hydrogen-bond donors (Lipinski definition) is 0. The van der Waals surface area contributed by atoms with Crippen molar-refractivity contribution in [1.82, 2.24) is 15.1 Å². The quantitative estimate of drug-likeness (QED) is 0.722. The third kappa shape index (κ3) is 1.80. The molecule has 1 aliphatic carbocycles. The molecular weight excluding hydrogens is 274 g/mol. The van der Waals surface area contributed by atoms with Gasteiger partial charge in [0, 0.05) is 23.5 Å². The third-order valence-electron chi connectivity index (χ3n) is 3.56. The summed E-state index contributed by atoms with van der Waals surface area (Å²) in [4.78, 5) is 8.36. The van der Waals surface area contributed by atoms with E-state index < -0.39 is 0 Å². The summed E-state index contributed by atoms with van der Waals surface area (Å²) in [5.41, 5.74) is 4.45. The number of nitrogens with zero attached hydrogens (tertiary/aromatic N) is 3. The topological polar surface area (TPSA) is 51.8 Å². The smallest absolute Gasteiger partial charge is 0.258 e. The van der Waals surface area contributed by atoms with E-state index in [0.717, 1.165) is 24.0 Å². The van der Waals surface area contributed by atoms with Crippen molar-refractivity contribution in [1.29, 1.82) is 0 Å². The van der Waals surface area contributed by atoms with Crippen molar-refractivity contribution in [2.24, 2.45) is 0 Å². The zero-order chi connectivity index (χ0) is 13.5. The van der Waals surface area contributed by atoms with Gasteiger partial charge in [0.05, 0.1) is 5.02 Å². The van der Waals surface area contributed by atoms with E-state index in [0.29, 0.717) is 16.7 Å². The van der Waals surface area contributed by atoms with Gasteiger partial charge in [0.25, 0.3) is 5.89 Å². The minimum absolute atomic E-state index is 0.482. The predicted molar refractivity (Wildman–Crippen MR) is 75.4 cm³/mol. The molecule has 98 valence electrons. The molecule has 0 fully saturated rings. The van der Waals surface area contributed by atoms with Crippen LogP contribution in [0.2, 0.25) is 5.02 Å². The van der Waals surface area contributed by atoms with Crippen LogP contribution >= 0.6 is 11.6 Å². The highest BCUT2D eigenvalue weighted by Gasteiger charge is 2.17. The fraction of sp³-hybridized carbons (Fsp3) is 0.133. The lowest BCUT2D eigenvalue weighted by atomic mass is 9.87. The Hall–Kier alpha value is -2.20. The molecule has 4 rings (SSSR count). The summed E-state index contributed by atoms with van der Waals surface area (Å²) in [5, 5.41) is 4.51. The summed E-state index contributed by atoms with van der Waals surface area (Å²) in [6, 6.07) is 8.03. The fourth-order valence-corrected chi connectivity index (χ4v) is 2.54. The summed E-state index contributed by atoms with van der Waals surface area (Å²) in [7, 11) is 0. The molecule has 0 spiro atoms. The van der Waals surface area contributed by atoms with Gasteiger partial charge >= 0.3 is 0 Å². The van der Waals surface area contributed by atoms with E-state index in [1.165, 1.54) is 11.1 Å². The first-order valence-corrected chi connectivity index (χ1v) is 6.75. The standard InChI is InChI=1S/C15H10ClN3O/c16-13-8-17-6-5-12(13)14-18-15(20-19-14)11-4-2-9-1-3-10(9)7-11/h2,4-8H,1,3H2. The van der Waals surface area contributed by atoms with Crippen molar-refractivity contribution in [2.75, 3.05) is 0 Å². The normalized spacial score (nSPS) is 12.8. The van der Waals surface area contributed by atoms with Crippen LogP contribution in [-0.2, 0) is 12.8 Å². The molecule has 3 aromatic rings. The van der Waals surface area contributed by atoms with Gasteiger partial charge in [-0.05, 0) is 42.2 Å². The number of aryl methyl sites for hydroxylation is 2. The highest BCUT2D eigenvalue weighted by molar-refractivity contribution is 6.33. The number of aromatic nitrogens is 3. The van der Waals surface area contributed by atoms with Gasteiger partial charge in [0.2, 0.25) is 5.82 Å². The van der Waals surface area contributed by atoms with Gasteiger partial charge in [-0.3, -0.25) is 4.98 Å². The van der Waals surface area contributed by atoms with Crippen molar-refractivity contribution in [3.63, 3.8) is 0 Å². The van der Waals surface area contributed by atoms with Crippen LogP contribution in [0.25, 0.3) is 22.8 Å². The van der Waals surface area contributed by atoms with E-state index >= 15 is 0 Å². The van der Waals surface area contributed by atoms with Crippen LogP contribution in [0.1, 0.15) is 11.1 Å². The molecule has 0 bridgehead atoms.